The standard InChI is InChI=1S/C8H8NO3/c1-6-5-7(12-2)3-4-8(6)9(10)11/h4-5H,1-2H3. The van der Waals surface area contributed by atoms with Crippen molar-refractivity contribution in [3.63, 3.8) is 0 Å². The second-order valence-corrected chi connectivity index (χ2v) is 2.33. The van der Waals surface area contributed by atoms with E-state index in [1.54, 1.807) is 13.0 Å². The molecule has 1 radical (unpaired) electrons. The summed E-state index contributed by atoms with van der Waals surface area (Å²) in [5, 5.41) is 10.4. The Labute approximate surface area is 69.9 Å². The van der Waals surface area contributed by atoms with E-state index in [9.17, 15) is 10.1 Å². The number of ether oxygens (including phenoxy) is 1. The Kier molecular flexibility index (Phi) is 2.28. The zero-order valence-electron chi connectivity index (χ0n) is 6.83. The third-order valence-corrected chi connectivity index (χ3v) is 1.52. The van der Waals surface area contributed by atoms with E-state index in [1.165, 1.54) is 13.2 Å². The quantitative estimate of drug-likeness (QED) is 0.496. The zero-order valence-corrected chi connectivity index (χ0v) is 6.83. The van der Waals surface area contributed by atoms with Crippen LogP contribution in [0.3, 0.4) is 0 Å². The molecule has 0 atom stereocenters. The predicted molar refractivity (Wildman–Crippen MR) is 43.2 cm³/mol. The largest absolute Gasteiger partial charge is 0.496 e. The number of aryl methyl sites for hydroxylation is 1. The fourth-order valence-corrected chi connectivity index (χ4v) is 0.880. The van der Waals surface area contributed by atoms with Gasteiger partial charge in [0.05, 0.1) is 12.0 Å². The average Bonchev–Trinajstić information content (AvgIpc) is 2.03. The van der Waals surface area contributed by atoms with Gasteiger partial charge in [0.15, 0.2) is 0 Å². The molecule has 1 aromatic carbocycles. The van der Waals surface area contributed by atoms with Gasteiger partial charge in [0.2, 0.25) is 0 Å². The summed E-state index contributed by atoms with van der Waals surface area (Å²) in [5.74, 6) is 0.512. The van der Waals surface area contributed by atoms with Crippen LogP contribution in [0.5, 0.6) is 5.75 Å². The molecule has 0 aromatic heterocycles. The Morgan fingerprint density at radius 1 is 1.67 bits per heavy atom. The summed E-state index contributed by atoms with van der Waals surface area (Å²) in [5.41, 5.74) is 0.645. The van der Waals surface area contributed by atoms with Gasteiger partial charge in [-0.3, -0.25) is 10.1 Å². The molecule has 0 amide bonds. The van der Waals surface area contributed by atoms with E-state index in [-0.39, 0.29) is 5.69 Å². The number of benzene rings is 1. The van der Waals surface area contributed by atoms with Crippen LogP contribution in [-0.4, -0.2) is 12.0 Å². The molecule has 0 fully saturated rings. The fraction of sp³-hybridized carbons (Fsp3) is 0.250. The number of rotatable bonds is 2. The van der Waals surface area contributed by atoms with E-state index < -0.39 is 4.92 Å². The molecule has 4 nitrogen and oxygen atoms in total. The Balaban J connectivity index is 3.12. The Morgan fingerprint density at radius 3 is 2.75 bits per heavy atom. The van der Waals surface area contributed by atoms with Crippen LogP contribution >= 0.6 is 0 Å². The summed E-state index contributed by atoms with van der Waals surface area (Å²) in [4.78, 5) is 9.93. The Hall–Kier alpha value is -1.58. The Morgan fingerprint density at radius 2 is 2.33 bits per heavy atom. The molecule has 0 saturated carbocycles. The van der Waals surface area contributed by atoms with Crippen LogP contribution in [0.2, 0.25) is 0 Å². The van der Waals surface area contributed by atoms with Crippen LogP contribution in [0.15, 0.2) is 12.1 Å². The van der Waals surface area contributed by atoms with E-state index in [1.807, 2.05) is 0 Å². The summed E-state index contributed by atoms with van der Waals surface area (Å²) >= 11 is 0. The lowest BCUT2D eigenvalue weighted by Gasteiger charge is -2.00. The highest BCUT2D eigenvalue weighted by atomic mass is 16.6. The highest BCUT2D eigenvalue weighted by Crippen LogP contribution is 2.21. The SMILES string of the molecule is COc1[c]cc([N+](=O)[O-])c(C)c1. The van der Waals surface area contributed by atoms with Crippen molar-refractivity contribution in [2.24, 2.45) is 0 Å². The van der Waals surface area contributed by atoms with Crippen molar-refractivity contribution in [1.82, 2.24) is 0 Å². The molecule has 63 valence electrons. The summed E-state index contributed by atoms with van der Waals surface area (Å²) < 4.78 is 4.85. The van der Waals surface area contributed by atoms with Gasteiger partial charge in [-0.2, -0.15) is 0 Å². The minimum absolute atomic E-state index is 0.0656. The number of nitrogens with zero attached hydrogens (tertiary/aromatic N) is 1. The highest BCUT2D eigenvalue weighted by Gasteiger charge is 2.09. The monoisotopic (exact) mass is 166 g/mol. The molecule has 0 saturated heterocycles. The molecule has 4 heteroatoms. The molecule has 1 rings (SSSR count). The van der Waals surface area contributed by atoms with Crippen molar-refractivity contribution in [3.8, 4) is 5.75 Å². The zero-order chi connectivity index (χ0) is 9.14. The first-order chi connectivity index (χ1) is 5.65. The lowest BCUT2D eigenvalue weighted by atomic mass is 10.2. The van der Waals surface area contributed by atoms with Gasteiger partial charge < -0.3 is 4.74 Å². The van der Waals surface area contributed by atoms with E-state index in [4.69, 9.17) is 4.74 Å². The molecule has 1 aromatic rings. The van der Waals surface area contributed by atoms with E-state index in [2.05, 4.69) is 6.07 Å². The Bertz CT molecular complexity index is 309. The molecule has 0 heterocycles. The van der Waals surface area contributed by atoms with Crippen LogP contribution < -0.4 is 4.74 Å². The molecule has 0 aliphatic heterocycles. The van der Waals surface area contributed by atoms with Crippen molar-refractivity contribution >= 4 is 5.69 Å². The second kappa shape index (κ2) is 3.21. The van der Waals surface area contributed by atoms with Crippen molar-refractivity contribution < 1.29 is 9.66 Å². The van der Waals surface area contributed by atoms with E-state index in [0.717, 1.165) is 0 Å². The number of nitro groups is 1. The smallest absolute Gasteiger partial charge is 0.273 e. The van der Waals surface area contributed by atoms with E-state index in [0.29, 0.717) is 11.3 Å². The first kappa shape index (κ1) is 8.52. The highest BCUT2D eigenvalue weighted by molar-refractivity contribution is 5.43. The van der Waals surface area contributed by atoms with Crippen LogP contribution in [0.25, 0.3) is 0 Å². The normalized spacial score (nSPS) is 9.50. The van der Waals surface area contributed by atoms with Gasteiger partial charge >= 0.3 is 0 Å². The molecule has 0 spiro atoms. The molecular weight excluding hydrogens is 158 g/mol. The number of hydrogen-bond acceptors (Lipinski definition) is 3. The summed E-state index contributed by atoms with van der Waals surface area (Å²) in [6.45, 7) is 1.66. The first-order valence-corrected chi connectivity index (χ1v) is 3.36. The first-order valence-electron chi connectivity index (χ1n) is 3.36. The summed E-state index contributed by atoms with van der Waals surface area (Å²) in [6, 6.07) is 5.54. The summed E-state index contributed by atoms with van der Waals surface area (Å²) in [7, 11) is 1.50. The number of hydrogen-bond donors (Lipinski definition) is 0. The lowest BCUT2D eigenvalue weighted by Crippen LogP contribution is -1.92. The van der Waals surface area contributed by atoms with Crippen molar-refractivity contribution in [2.75, 3.05) is 7.11 Å². The van der Waals surface area contributed by atoms with E-state index >= 15 is 0 Å². The molecule has 0 N–H and O–H groups in total. The van der Waals surface area contributed by atoms with Gasteiger partial charge in [-0.05, 0) is 13.0 Å². The minimum Gasteiger partial charge on any atom is -0.496 e. The number of methoxy groups -OCH3 is 1. The number of nitro benzene ring substituents is 1. The maximum Gasteiger partial charge on any atom is 0.273 e. The molecule has 0 aliphatic rings. The minimum atomic E-state index is -0.439. The van der Waals surface area contributed by atoms with Gasteiger partial charge in [-0.15, -0.1) is 0 Å². The van der Waals surface area contributed by atoms with Crippen LogP contribution in [0.4, 0.5) is 5.69 Å². The lowest BCUT2D eigenvalue weighted by molar-refractivity contribution is -0.385. The van der Waals surface area contributed by atoms with Gasteiger partial charge in [-0.25, -0.2) is 0 Å². The molecule has 0 bridgehead atoms. The summed E-state index contributed by atoms with van der Waals surface area (Å²) in [6.07, 6.45) is 0. The van der Waals surface area contributed by atoms with Crippen molar-refractivity contribution in [2.45, 2.75) is 6.92 Å². The van der Waals surface area contributed by atoms with Crippen LogP contribution in [0.1, 0.15) is 5.56 Å². The van der Waals surface area contributed by atoms with Gasteiger partial charge in [0, 0.05) is 17.7 Å². The van der Waals surface area contributed by atoms with Gasteiger partial charge in [0.25, 0.3) is 5.69 Å². The fourth-order valence-electron chi connectivity index (χ4n) is 0.880. The molecule has 0 aliphatic carbocycles. The predicted octanol–water partition coefficient (Wildman–Crippen LogP) is 1.71. The van der Waals surface area contributed by atoms with Crippen molar-refractivity contribution in [1.29, 1.82) is 0 Å². The molecule has 0 unspecified atom stereocenters. The molecule has 12 heavy (non-hydrogen) atoms. The third-order valence-electron chi connectivity index (χ3n) is 1.52. The topological polar surface area (TPSA) is 52.4 Å². The van der Waals surface area contributed by atoms with Crippen LogP contribution in [0, 0.1) is 23.1 Å². The average molecular weight is 166 g/mol. The third kappa shape index (κ3) is 1.53. The maximum atomic E-state index is 10.4. The maximum absolute atomic E-state index is 10.4. The van der Waals surface area contributed by atoms with Crippen LogP contribution in [-0.2, 0) is 0 Å². The van der Waals surface area contributed by atoms with Gasteiger partial charge in [0.1, 0.15) is 5.75 Å². The second-order valence-electron chi connectivity index (χ2n) is 2.33. The molecular formula is C8H8NO3. The van der Waals surface area contributed by atoms with Gasteiger partial charge in [-0.1, -0.05) is 0 Å². The van der Waals surface area contributed by atoms with Crippen molar-refractivity contribution in [3.05, 3.63) is 33.9 Å².